The zero-order valence-electron chi connectivity index (χ0n) is 29.3. The summed E-state index contributed by atoms with van der Waals surface area (Å²) in [4.78, 5) is 3.46. The molecule has 4 aliphatic heterocycles. The zero-order valence-corrected chi connectivity index (χ0v) is 31.8. The van der Waals surface area contributed by atoms with Crippen molar-refractivity contribution in [3.8, 4) is 0 Å². The van der Waals surface area contributed by atoms with Crippen LogP contribution in [0.4, 0.5) is 0 Å². The standard InChI is InChI=1S/C42H65NOS3/c1-4-19-34-24(10-1)26-13-7-16-31(39(26)44-34)43(32-17-8-14-27-25-11-2-5-20-35(25)46-40(27)32)33-18-9-15-28-29-22-23-37-38(42(29)47-41(28)33)30-12-3-6-21-36(30)45-37/h24-42H,1-23H2. The van der Waals surface area contributed by atoms with Gasteiger partial charge in [-0.05, 0) is 137 Å². The molecule has 19 atom stereocenters. The Morgan fingerprint density at radius 2 is 0.936 bits per heavy atom. The van der Waals surface area contributed by atoms with Crippen molar-refractivity contribution in [1.82, 2.24) is 4.90 Å². The fourth-order valence-corrected chi connectivity index (χ4v) is 22.7. The van der Waals surface area contributed by atoms with E-state index in [9.17, 15) is 0 Å². The second-order valence-electron chi connectivity index (χ2n) is 19.2. The van der Waals surface area contributed by atoms with Gasteiger partial charge in [-0.25, -0.2) is 0 Å². The highest BCUT2D eigenvalue weighted by Crippen LogP contribution is 2.66. The molecule has 0 spiro atoms. The fraction of sp³-hybridized carbons (Fsp3) is 1.00. The number of rotatable bonds is 3. The molecule has 4 saturated heterocycles. The summed E-state index contributed by atoms with van der Waals surface area (Å²) in [6.45, 7) is 0. The molecule has 262 valence electrons. The van der Waals surface area contributed by atoms with Crippen LogP contribution >= 0.6 is 35.3 Å². The number of thioether (sulfide) groups is 3. The molecule has 2 nitrogen and oxygen atoms in total. The van der Waals surface area contributed by atoms with E-state index in [4.69, 9.17) is 4.74 Å². The summed E-state index contributed by atoms with van der Waals surface area (Å²) < 4.78 is 7.41. The summed E-state index contributed by atoms with van der Waals surface area (Å²) in [7, 11) is 0. The number of ether oxygens (including phenoxy) is 1. The van der Waals surface area contributed by atoms with Crippen molar-refractivity contribution in [3.05, 3.63) is 0 Å². The van der Waals surface area contributed by atoms with Gasteiger partial charge in [-0.2, -0.15) is 35.3 Å². The molecule has 4 heterocycles. The Balaban J connectivity index is 0.947. The van der Waals surface area contributed by atoms with Crippen molar-refractivity contribution in [2.75, 3.05) is 0 Å². The van der Waals surface area contributed by atoms with Crippen LogP contribution in [0.2, 0.25) is 0 Å². The van der Waals surface area contributed by atoms with E-state index in [2.05, 4.69) is 40.2 Å². The number of hydrogen-bond acceptors (Lipinski definition) is 5. The minimum absolute atomic E-state index is 0.554. The molecule has 11 rings (SSSR count). The van der Waals surface area contributed by atoms with Gasteiger partial charge >= 0.3 is 0 Å². The van der Waals surface area contributed by atoms with E-state index in [-0.39, 0.29) is 0 Å². The van der Waals surface area contributed by atoms with Crippen LogP contribution in [0.1, 0.15) is 148 Å². The smallest absolute Gasteiger partial charge is 0.0766 e. The molecule has 47 heavy (non-hydrogen) atoms. The van der Waals surface area contributed by atoms with Gasteiger partial charge in [0.1, 0.15) is 0 Å². The Bertz CT molecular complexity index is 1100. The van der Waals surface area contributed by atoms with Crippen molar-refractivity contribution in [2.24, 2.45) is 47.3 Å². The van der Waals surface area contributed by atoms with Crippen LogP contribution in [-0.2, 0) is 4.74 Å². The van der Waals surface area contributed by atoms with Gasteiger partial charge in [-0.15, -0.1) is 0 Å². The first-order valence-electron chi connectivity index (χ1n) is 21.7. The van der Waals surface area contributed by atoms with Gasteiger partial charge in [-0.1, -0.05) is 57.8 Å². The molecule has 19 unspecified atom stereocenters. The minimum Gasteiger partial charge on any atom is -0.373 e. The number of nitrogens with zero attached hydrogens (tertiary/aromatic N) is 1. The summed E-state index contributed by atoms with van der Waals surface area (Å²) in [5, 5.41) is 5.88. The van der Waals surface area contributed by atoms with Crippen molar-refractivity contribution in [1.29, 1.82) is 0 Å². The van der Waals surface area contributed by atoms with Gasteiger partial charge in [0.2, 0.25) is 0 Å². The summed E-state index contributed by atoms with van der Waals surface area (Å²) in [6, 6.07) is 2.39. The molecule has 0 aromatic carbocycles. The van der Waals surface area contributed by atoms with Gasteiger partial charge in [-0.3, -0.25) is 4.90 Å². The van der Waals surface area contributed by atoms with Crippen molar-refractivity contribution < 1.29 is 4.74 Å². The van der Waals surface area contributed by atoms with Gasteiger partial charge in [0.05, 0.1) is 12.2 Å². The molecule has 11 fully saturated rings. The largest absolute Gasteiger partial charge is 0.373 e. The maximum Gasteiger partial charge on any atom is 0.0766 e. The Morgan fingerprint density at radius 1 is 0.362 bits per heavy atom. The van der Waals surface area contributed by atoms with Gasteiger partial charge < -0.3 is 4.74 Å². The first-order valence-corrected chi connectivity index (χ1v) is 24.5. The van der Waals surface area contributed by atoms with Crippen molar-refractivity contribution in [3.63, 3.8) is 0 Å². The summed E-state index contributed by atoms with van der Waals surface area (Å²) in [5.41, 5.74) is 0. The van der Waals surface area contributed by atoms with Gasteiger partial charge in [0.25, 0.3) is 0 Å². The van der Waals surface area contributed by atoms with E-state index in [1.807, 2.05) is 0 Å². The zero-order chi connectivity index (χ0) is 30.6. The lowest BCUT2D eigenvalue weighted by atomic mass is 9.64. The highest BCUT2D eigenvalue weighted by molar-refractivity contribution is 8.02. The number of hydrogen-bond donors (Lipinski definition) is 0. The van der Waals surface area contributed by atoms with E-state index < -0.39 is 0 Å². The summed E-state index contributed by atoms with van der Waals surface area (Å²) in [6.07, 6.45) is 35.9. The Hall–Kier alpha value is 0.970. The van der Waals surface area contributed by atoms with Gasteiger partial charge in [0, 0.05) is 49.6 Å². The molecule has 0 radical (unpaired) electrons. The highest BCUT2D eigenvalue weighted by Gasteiger charge is 2.62. The third-order valence-electron chi connectivity index (χ3n) is 17.4. The second-order valence-corrected chi connectivity index (χ2v) is 23.4. The third-order valence-corrected chi connectivity index (χ3v) is 23.1. The Kier molecular flexibility index (Phi) is 8.59. The molecule has 0 bridgehead atoms. The highest BCUT2D eigenvalue weighted by atomic mass is 32.2. The molecule has 7 aliphatic carbocycles. The van der Waals surface area contributed by atoms with Gasteiger partial charge in [0.15, 0.2) is 0 Å². The predicted molar refractivity (Wildman–Crippen MR) is 201 cm³/mol. The van der Waals surface area contributed by atoms with Crippen LogP contribution in [0.15, 0.2) is 0 Å². The molecular formula is C42H65NOS3. The fourth-order valence-electron chi connectivity index (χ4n) is 15.8. The van der Waals surface area contributed by atoms with Crippen molar-refractivity contribution in [2.45, 2.75) is 210 Å². The average molecular weight is 696 g/mol. The Morgan fingerprint density at radius 3 is 1.74 bits per heavy atom. The van der Waals surface area contributed by atoms with E-state index in [0.29, 0.717) is 12.2 Å². The summed E-state index contributed by atoms with van der Waals surface area (Å²) in [5.74, 6) is 8.03. The molecular weight excluding hydrogens is 631 g/mol. The lowest BCUT2D eigenvalue weighted by Gasteiger charge is -2.55. The van der Waals surface area contributed by atoms with E-state index in [0.717, 1.165) is 97.0 Å². The van der Waals surface area contributed by atoms with Crippen LogP contribution in [0.3, 0.4) is 0 Å². The summed E-state index contributed by atoms with van der Waals surface area (Å²) >= 11 is 7.74. The molecule has 0 aromatic rings. The number of fused-ring (bicyclic) bond motifs is 13. The lowest BCUT2D eigenvalue weighted by molar-refractivity contribution is -0.0842. The third kappa shape index (κ3) is 5.06. The molecule has 0 N–H and O–H groups in total. The van der Waals surface area contributed by atoms with Crippen LogP contribution in [-0.4, -0.2) is 66.7 Å². The van der Waals surface area contributed by atoms with Crippen LogP contribution in [0.25, 0.3) is 0 Å². The minimum atomic E-state index is 0.554. The average Bonchev–Trinajstić information content (AvgIpc) is 3.88. The lowest BCUT2D eigenvalue weighted by Crippen LogP contribution is -2.63. The topological polar surface area (TPSA) is 12.5 Å². The van der Waals surface area contributed by atoms with Crippen LogP contribution in [0.5, 0.6) is 0 Å². The van der Waals surface area contributed by atoms with Crippen LogP contribution < -0.4 is 0 Å². The Labute approximate surface area is 300 Å². The molecule has 7 saturated carbocycles. The SMILES string of the molecule is C1CCC2C(C1)OC1C2CCCC1N(C1CCCC2C3CCCCC3SC21)C1CCCC2C3CCC4SC5CCCCC5C4C3SC21. The van der Waals surface area contributed by atoms with Crippen LogP contribution in [0, 0.1) is 47.3 Å². The van der Waals surface area contributed by atoms with Crippen molar-refractivity contribution >= 4 is 35.3 Å². The maximum absolute atomic E-state index is 7.41. The predicted octanol–water partition coefficient (Wildman–Crippen LogP) is 10.6. The first-order chi connectivity index (χ1) is 23.3. The first kappa shape index (κ1) is 31.5. The monoisotopic (exact) mass is 695 g/mol. The van der Waals surface area contributed by atoms with E-state index in [1.165, 1.54) is 103 Å². The van der Waals surface area contributed by atoms with E-state index >= 15 is 0 Å². The molecule has 0 amide bonds. The molecule has 5 heteroatoms. The molecule has 0 aromatic heterocycles. The maximum atomic E-state index is 7.41. The quantitative estimate of drug-likeness (QED) is 0.291. The van der Waals surface area contributed by atoms with E-state index in [1.54, 1.807) is 44.9 Å². The normalized spacial score (nSPS) is 58.0. The molecule has 11 aliphatic rings. The second kappa shape index (κ2) is 12.8.